The van der Waals surface area contributed by atoms with Gasteiger partial charge in [0.2, 0.25) is 0 Å². The highest BCUT2D eigenvalue weighted by molar-refractivity contribution is 6.32. The molecule has 13 heavy (non-hydrogen) atoms. The Morgan fingerprint density at radius 1 is 1.62 bits per heavy atom. The number of benzene rings is 1. The molecule has 0 heterocycles. The van der Waals surface area contributed by atoms with Crippen molar-refractivity contribution in [3.05, 3.63) is 41.2 Å². The highest BCUT2D eigenvalue weighted by Gasteiger charge is 2.04. The second-order valence-electron chi connectivity index (χ2n) is 2.41. The molecule has 0 spiro atoms. The number of hydrogen-bond acceptors (Lipinski definition) is 2. The average molecular weight is 202 g/mol. The van der Waals surface area contributed by atoms with Crippen LogP contribution in [0.3, 0.4) is 0 Å². The molecule has 2 nitrogen and oxygen atoms in total. The summed E-state index contributed by atoms with van der Waals surface area (Å²) in [7, 11) is 1.46. The molecular weight excluding hydrogens is 193 g/mol. The molecule has 0 saturated heterocycles. The fraction of sp³-hybridized carbons (Fsp3) is 0.111. The molecule has 0 atom stereocenters. The van der Waals surface area contributed by atoms with Gasteiger partial charge in [0.1, 0.15) is 5.82 Å². The minimum absolute atomic E-state index is 0.301. The van der Waals surface area contributed by atoms with Crippen LogP contribution in [0.1, 0.15) is 5.56 Å². The van der Waals surface area contributed by atoms with Crippen LogP contribution in [0, 0.1) is 5.82 Å². The second kappa shape index (κ2) is 4.25. The molecule has 0 saturated carbocycles. The zero-order valence-electron chi connectivity index (χ0n) is 7.10. The molecule has 1 aromatic rings. The van der Waals surface area contributed by atoms with E-state index >= 15 is 0 Å². The van der Waals surface area contributed by atoms with E-state index in [0.717, 1.165) is 0 Å². The number of hydrogen-bond donors (Lipinski definition) is 1. The van der Waals surface area contributed by atoms with Crippen molar-refractivity contribution < 1.29 is 9.23 Å². The maximum Gasteiger partial charge on any atom is 0.124 e. The average Bonchev–Trinajstić information content (AvgIpc) is 2.04. The first kappa shape index (κ1) is 10.0. The Hall–Kier alpha value is -1.06. The predicted molar refractivity (Wildman–Crippen MR) is 50.6 cm³/mol. The van der Waals surface area contributed by atoms with Gasteiger partial charge in [-0.05, 0) is 18.2 Å². The second-order valence-corrected chi connectivity index (χ2v) is 2.82. The normalized spacial score (nSPS) is 9.77. The van der Waals surface area contributed by atoms with Gasteiger partial charge in [-0.2, -0.15) is 0 Å². The number of halogens is 2. The lowest BCUT2D eigenvalue weighted by molar-refractivity contribution is 0.137. The van der Waals surface area contributed by atoms with Gasteiger partial charge in [-0.15, -0.1) is 0 Å². The van der Waals surface area contributed by atoms with Gasteiger partial charge in [0, 0.05) is 5.56 Å². The standard InChI is InChI=1S/C9H9ClFNO/c1-6(12-13-2)8-4-3-7(11)5-9(8)10/h3-5,12H,1H2,2H3. The van der Waals surface area contributed by atoms with Crippen molar-refractivity contribution in [2.75, 3.05) is 7.11 Å². The van der Waals surface area contributed by atoms with Crippen molar-refractivity contribution in [3.8, 4) is 0 Å². The van der Waals surface area contributed by atoms with Gasteiger partial charge < -0.3 is 0 Å². The number of nitrogens with one attached hydrogen (secondary N) is 1. The Bertz CT molecular complexity index is 327. The molecule has 0 aliphatic carbocycles. The first-order valence-electron chi connectivity index (χ1n) is 3.58. The van der Waals surface area contributed by atoms with Crippen molar-refractivity contribution >= 4 is 17.3 Å². The summed E-state index contributed by atoms with van der Waals surface area (Å²) in [4.78, 5) is 4.64. The monoisotopic (exact) mass is 201 g/mol. The van der Waals surface area contributed by atoms with Crippen LogP contribution in [0.15, 0.2) is 24.8 Å². The quantitative estimate of drug-likeness (QED) is 0.760. The van der Waals surface area contributed by atoms with Crippen LogP contribution >= 0.6 is 11.6 Å². The van der Waals surface area contributed by atoms with E-state index in [-0.39, 0.29) is 5.82 Å². The third-order valence-corrected chi connectivity index (χ3v) is 1.79. The summed E-state index contributed by atoms with van der Waals surface area (Å²) >= 11 is 5.76. The Morgan fingerprint density at radius 3 is 2.85 bits per heavy atom. The molecule has 0 aliphatic rings. The molecule has 0 aromatic heterocycles. The maximum absolute atomic E-state index is 12.6. The third kappa shape index (κ3) is 2.44. The van der Waals surface area contributed by atoms with Gasteiger partial charge in [0.05, 0.1) is 17.8 Å². The molecule has 1 N–H and O–H groups in total. The molecule has 70 valence electrons. The molecule has 0 unspecified atom stereocenters. The zero-order valence-corrected chi connectivity index (χ0v) is 7.86. The molecule has 0 fully saturated rings. The Balaban J connectivity index is 2.95. The van der Waals surface area contributed by atoms with Crippen molar-refractivity contribution in [1.82, 2.24) is 5.48 Å². The first-order valence-corrected chi connectivity index (χ1v) is 3.96. The SMILES string of the molecule is C=C(NOC)c1ccc(F)cc1Cl. The minimum atomic E-state index is -0.376. The molecular formula is C9H9ClFNO. The van der Waals surface area contributed by atoms with E-state index in [0.29, 0.717) is 16.3 Å². The van der Waals surface area contributed by atoms with E-state index in [1.54, 1.807) is 0 Å². The van der Waals surface area contributed by atoms with Gasteiger partial charge in [-0.1, -0.05) is 18.2 Å². The summed E-state index contributed by atoms with van der Waals surface area (Å²) in [5.74, 6) is -0.376. The maximum atomic E-state index is 12.6. The van der Waals surface area contributed by atoms with E-state index in [9.17, 15) is 4.39 Å². The van der Waals surface area contributed by atoms with Crippen LogP contribution in [-0.2, 0) is 4.84 Å². The summed E-state index contributed by atoms with van der Waals surface area (Å²) in [6.07, 6.45) is 0. The smallest absolute Gasteiger partial charge is 0.124 e. The Morgan fingerprint density at radius 2 is 2.31 bits per heavy atom. The topological polar surface area (TPSA) is 21.3 Å². The van der Waals surface area contributed by atoms with Crippen molar-refractivity contribution in [2.45, 2.75) is 0 Å². The third-order valence-electron chi connectivity index (χ3n) is 1.48. The van der Waals surface area contributed by atoms with Crippen LogP contribution in [-0.4, -0.2) is 7.11 Å². The largest absolute Gasteiger partial charge is 0.279 e. The fourth-order valence-electron chi connectivity index (χ4n) is 0.912. The molecule has 1 aromatic carbocycles. The minimum Gasteiger partial charge on any atom is -0.279 e. The zero-order chi connectivity index (χ0) is 9.84. The van der Waals surface area contributed by atoms with Gasteiger partial charge in [-0.25, -0.2) is 4.39 Å². The Kier molecular flexibility index (Phi) is 3.28. The van der Waals surface area contributed by atoms with Gasteiger partial charge in [0.15, 0.2) is 0 Å². The van der Waals surface area contributed by atoms with Crippen LogP contribution < -0.4 is 5.48 Å². The number of hydroxylamine groups is 1. The first-order chi connectivity index (χ1) is 6.15. The molecule has 0 radical (unpaired) electrons. The van der Waals surface area contributed by atoms with E-state index in [1.807, 2.05) is 0 Å². The summed E-state index contributed by atoms with van der Waals surface area (Å²) < 4.78 is 12.6. The van der Waals surface area contributed by atoms with Gasteiger partial charge >= 0.3 is 0 Å². The van der Waals surface area contributed by atoms with Crippen LogP contribution in [0.2, 0.25) is 5.02 Å². The van der Waals surface area contributed by atoms with Gasteiger partial charge in [0.25, 0.3) is 0 Å². The van der Waals surface area contributed by atoms with Crippen molar-refractivity contribution in [3.63, 3.8) is 0 Å². The summed E-state index contributed by atoms with van der Waals surface area (Å²) in [6.45, 7) is 3.66. The highest BCUT2D eigenvalue weighted by atomic mass is 35.5. The van der Waals surface area contributed by atoms with E-state index in [4.69, 9.17) is 11.6 Å². The number of rotatable bonds is 3. The molecule has 0 bridgehead atoms. The summed E-state index contributed by atoms with van der Waals surface area (Å²) in [5.41, 5.74) is 3.63. The molecule has 0 aliphatic heterocycles. The summed E-state index contributed by atoms with van der Waals surface area (Å²) in [5, 5.41) is 0.301. The van der Waals surface area contributed by atoms with Crippen molar-refractivity contribution in [1.29, 1.82) is 0 Å². The molecule has 1 rings (SSSR count). The fourth-order valence-corrected chi connectivity index (χ4v) is 1.19. The highest BCUT2D eigenvalue weighted by Crippen LogP contribution is 2.21. The Labute approximate surface area is 80.9 Å². The molecule has 4 heteroatoms. The lowest BCUT2D eigenvalue weighted by Gasteiger charge is -2.08. The summed E-state index contributed by atoms with van der Waals surface area (Å²) in [6, 6.07) is 4.06. The van der Waals surface area contributed by atoms with E-state index in [1.165, 1.54) is 25.3 Å². The lowest BCUT2D eigenvalue weighted by Crippen LogP contribution is -2.09. The van der Waals surface area contributed by atoms with Crippen LogP contribution in [0.5, 0.6) is 0 Å². The molecule has 0 amide bonds. The lowest BCUT2D eigenvalue weighted by atomic mass is 10.2. The van der Waals surface area contributed by atoms with E-state index in [2.05, 4.69) is 16.9 Å². The van der Waals surface area contributed by atoms with Gasteiger partial charge in [-0.3, -0.25) is 10.3 Å². The van der Waals surface area contributed by atoms with Crippen LogP contribution in [0.25, 0.3) is 5.70 Å². The van der Waals surface area contributed by atoms with Crippen LogP contribution in [0.4, 0.5) is 4.39 Å². The predicted octanol–water partition coefficient (Wildman–Crippen LogP) is 2.60. The van der Waals surface area contributed by atoms with Crippen molar-refractivity contribution in [2.24, 2.45) is 0 Å². The van der Waals surface area contributed by atoms with E-state index < -0.39 is 0 Å².